The minimum Gasteiger partial charge on any atom is -0.143 e. The molecule has 0 aromatic carbocycles. The molecule has 0 unspecified atom stereocenters. The molecule has 2 heterocycles. The lowest BCUT2D eigenvalue weighted by molar-refractivity contribution is 0.985. The monoisotopic (exact) mass is 232 g/mol. The number of hydrogen-bond donors (Lipinski definition) is 0. The topological polar surface area (TPSA) is 51.6 Å². The molecule has 0 aliphatic carbocycles. The second-order valence-electron chi connectivity index (χ2n) is 2.23. The van der Waals surface area contributed by atoms with E-state index in [1.54, 1.807) is 0 Å². The molecule has 0 saturated carbocycles. The van der Waals surface area contributed by atoms with Gasteiger partial charge in [-0.2, -0.15) is 0 Å². The van der Waals surface area contributed by atoms with Gasteiger partial charge in [0.1, 0.15) is 10.7 Å². The Bertz CT molecular complexity index is 372. The van der Waals surface area contributed by atoms with Crippen molar-refractivity contribution in [2.75, 3.05) is 5.88 Å². The van der Waals surface area contributed by atoms with Gasteiger partial charge in [0.15, 0.2) is 5.01 Å². The molecule has 0 atom stereocenters. The molecule has 4 nitrogen and oxygen atoms in total. The fraction of sp³-hybridized carbons (Fsp3) is 0.333. The highest BCUT2D eigenvalue weighted by atomic mass is 35.5. The van der Waals surface area contributed by atoms with Crippen molar-refractivity contribution in [3.63, 3.8) is 0 Å². The zero-order chi connectivity index (χ0) is 9.10. The first-order chi connectivity index (χ1) is 6.40. The highest BCUT2D eigenvalue weighted by Gasteiger charge is 2.07. The quantitative estimate of drug-likeness (QED) is 0.758. The predicted molar refractivity (Wildman–Crippen MR) is 53.2 cm³/mol. The number of rotatable bonds is 3. The van der Waals surface area contributed by atoms with Gasteiger partial charge in [-0.05, 0) is 11.5 Å². The third kappa shape index (κ3) is 2.01. The summed E-state index contributed by atoms with van der Waals surface area (Å²) in [6, 6.07) is 0. The summed E-state index contributed by atoms with van der Waals surface area (Å²) in [6.45, 7) is 0. The first-order valence-electron chi connectivity index (χ1n) is 3.56. The van der Waals surface area contributed by atoms with Crippen molar-refractivity contribution in [1.29, 1.82) is 0 Å². The number of halogens is 1. The van der Waals surface area contributed by atoms with Gasteiger partial charge in [-0.25, -0.2) is 0 Å². The van der Waals surface area contributed by atoms with Crippen molar-refractivity contribution < 1.29 is 0 Å². The van der Waals surface area contributed by atoms with Crippen LogP contribution in [0.4, 0.5) is 0 Å². The number of nitrogens with zero attached hydrogens (tertiary/aromatic N) is 4. The third-order valence-corrected chi connectivity index (χ3v) is 3.05. The maximum atomic E-state index is 5.58. The van der Waals surface area contributed by atoms with Gasteiger partial charge in [-0.3, -0.25) is 0 Å². The first kappa shape index (κ1) is 8.98. The van der Waals surface area contributed by atoms with Crippen molar-refractivity contribution >= 4 is 34.5 Å². The van der Waals surface area contributed by atoms with Crippen LogP contribution in [0.25, 0.3) is 10.7 Å². The fourth-order valence-corrected chi connectivity index (χ4v) is 2.40. The minimum absolute atomic E-state index is 0.573. The Hall–Kier alpha value is -0.590. The van der Waals surface area contributed by atoms with Crippen molar-refractivity contribution in [1.82, 2.24) is 19.8 Å². The summed E-state index contributed by atoms with van der Waals surface area (Å²) in [5.41, 5.74) is 0.795. The minimum atomic E-state index is 0.573. The van der Waals surface area contributed by atoms with Crippen LogP contribution in [0.3, 0.4) is 0 Å². The van der Waals surface area contributed by atoms with E-state index in [-0.39, 0.29) is 0 Å². The van der Waals surface area contributed by atoms with Crippen molar-refractivity contribution in [2.24, 2.45) is 0 Å². The van der Waals surface area contributed by atoms with Crippen molar-refractivity contribution in [3.8, 4) is 10.7 Å². The Morgan fingerprint density at radius 2 is 2.23 bits per heavy atom. The van der Waals surface area contributed by atoms with Gasteiger partial charge in [0.2, 0.25) is 0 Å². The summed E-state index contributed by atoms with van der Waals surface area (Å²) in [5.74, 6) is 0.573. The normalized spacial score (nSPS) is 10.5. The lowest BCUT2D eigenvalue weighted by Crippen LogP contribution is -1.83. The van der Waals surface area contributed by atoms with E-state index in [4.69, 9.17) is 11.6 Å². The molecule has 0 saturated heterocycles. The summed E-state index contributed by atoms with van der Waals surface area (Å²) in [7, 11) is 0. The fourth-order valence-electron chi connectivity index (χ4n) is 0.797. The highest BCUT2D eigenvalue weighted by molar-refractivity contribution is 7.15. The molecule has 2 rings (SSSR count). The van der Waals surface area contributed by atoms with Crippen LogP contribution in [-0.4, -0.2) is 25.7 Å². The van der Waals surface area contributed by atoms with E-state index in [0.717, 1.165) is 22.1 Å². The molecule has 68 valence electrons. The predicted octanol–water partition coefficient (Wildman–Crippen LogP) is 1.84. The Morgan fingerprint density at radius 3 is 2.92 bits per heavy atom. The third-order valence-electron chi connectivity index (χ3n) is 1.35. The number of aromatic nitrogens is 4. The lowest BCUT2D eigenvalue weighted by Gasteiger charge is -1.83. The van der Waals surface area contributed by atoms with Crippen LogP contribution < -0.4 is 0 Å². The second kappa shape index (κ2) is 4.08. The van der Waals surface area contributed by atoms with Gasteiger partial charge >= 0.3 is 0 Å². The molecule has 7 heteroatoms. The SMILES string of the molecule is ClCCc1nnc(-c2csnn2)s1. The van der Waals surface area contributed by atoms with Gasteiger partial charge in [0.05, 0.1) is 0 Å². The van der Waals surface area contributed by atoms with Crippen LogP contribution in [-0.2, 0) is 6.42 Å². The Labute approximate surface area is 87.8 Å². The van der Waals surface area contributed by atoms with E-state index in [1.807, 2.05) is 5.38 Å². The van der Waals surface area contributed by atoms with Gasteiger partial charge in [0, 0.05) is 17.7 Å². The standard InChI is InChI=1S/C6H5ClN4S2/c7-2-1-5-9-10-6(13-5)4-3-12-11-8-4/h3H,1-2H2. The summed E-state index contributed by atoms with van der Waals surface area (Å²) in [4.78, 5) is 0. The zero-order valence-electron chi connectivity index (χ0n) is 6.47. The van der Waals surface area contributed by atoms with E-state index in [0.29, 0.717) is 5.88 Å². The molecular weight excluding hydrogens is 228 g/mol. The van der Waals surface area contributed by atoms with Gasteiger partial charge in [-0.15, -0.1) is 26.9 Å². The van der Waals surface area contributed by atoms with E-state index < -0.39 is 0 Å². The average Bonchev–Trinajstić information content (AvgIpc) is 2.70. The molecule has 2 aromatic rings. The molecule has 2 aromatic heterocycles. The Kier molecular flexibility index (Phi) is 2.82. The smallest absolute Gasteiger partial charge is 0.143 e. The van der Waals surface area contributed by atoms with Crippen LogP contribution in [0.15, 0.2) is 5.38 Å². The van der Waals surface area contributed by atoms with Crippen LogP contribution in [0.5, 0.6) is 0 Å². The van der Waals surface area contributed by atoms with Crippen molar-refractivity contribution in [2.45, 2.75) is 6.42 Å². The average molecular weight is 233 g/mol. The molecule has 0 fully saturated rings. The van der Waals surface area contributed by atoms with Crippen LogP contribution >= 0.6 is 34.5 Å². The molecule has 13 heavy (non-hydrogen) atoms. The molecule has 0 spiro atoms. The van der Waals surface area contributed by atoms with E-state index >= 15 is 0 Å². The van der Waals surface area contributed by atoms with Gasteiger partial charge in [-0.1, -0.05) is 15.8 Å². The molecule has 0 aliphatic heterocycles. The number of aryl methyl sites for hydroxylation is 1. The molecule has 0 aliphatic rings. The Morgan fingerprint density at radius 1 is 1.31 bits per heavy atom. The first-order valence-corrected chi connectivity index (χ1v) is 5.74. The summed E-state index contributed by atoms with van der Waals surface area (Å²) in [5, 5.41) is 15.5. The second-order valence-corrected chi connectivity index (χ2v) is 4.28. The zero-order valence-corrected chi connectivity index (χ0v) is 8.86. The molecule has 0 amide bonds. The summed E-state index contributed by atoms with van der Waals surface area (Å²) < 4.78 is 3.76. The largest absolute Gasteiger partial charge is 0.169 e. The Balaban J connectivity index is 2.23. The molecule has 0 bridgehead atoms. The van der Waals surface area contributed by atoms with E-state index in [1.165, 1.54) is 22.9 Å². The molecular formula is C6H5ClN4S2. The van der Waals surface area contributed by atoms with Gasteiger partial charge < -0.3 is 0 Å². The van der Waals surface area contributed by atoms with E-state index in [2.05, 4.69) is 19.8 Å². The summed E-state index contributed by atoms with van der Waals surface area (Å²) >= 11 is 8.40. The number of hydrogen-bond acceptors (Lipinski definition) is 6. The lowest BCUT2D eigenvalue weighted by atomic mass is 10.5. The van der Waals surface area contributed by atoms with Crippen LogP contribution in [0.2, 0.25) is 0 Å². The molecule has 0 N–H and O–H groups in total. The van der Waals surface area contributed by atoms with Crippen molar-refractivity contribution in [3.05, 3.63) is 10.4 Å². The van der Waals surface area contributed by atoms with Gasteiger partial charge in [0.25, 0.3) is 0 Å². The van der Waals surface area contributed by atoms with Crippen LogP contribution in [0.1, 0.15) is 5.01 Å². The maximum Gasteiger partial charge on any atom is 0.169 e. The molecule has 0 radical (unpaired) electrons. The highest BCUT2D eigenvalue weighted by Crippen LogP contribution is 2.22. The number of alkyl halides is 1. The summed E-state index contributed by atoms with van der Waals surface area (Å²) in [6.07, 6.45) is 0.761. The van der Waals surface area contributed by atoms with E-state index in [9.17, 15) is 0 Å². The van der Waals surface area contributed by atoms with Crippen LogP contribution in [0, 0.1) is 0 Å². The maximum absolute atomic E-state index is 5.58.